The van der Waals surface area contributed by atoms with Crippen molar-refractivity contribution in [2.24, 2.45) is 0 Å². The number of hydrogen-bond acceptors (Lipinski definition) is 8. The second-order valence-corrected chi connectivity index (χ2v) is 6.02. The first-order valence-electron chi connectivity index (χ1n) is 7.91. The molecule has 0 saturated carbocycles. The van der Waals surface area contributed by atoms with E-state index in [1.807, 2.05) is 30.3 Å². The van der Waals surface area contributed by atoms with E-state index in [0.717, 1.165) is 10.6 Å². The zero-order chi connectivity index (χ0) is 18.5. The Morgan fingerprint density at radius 3 is 2.69 bits per heavy atom. The smallest absolute Gasteiger partial charge is 0.244 e. The summed E-state index contributed by atoms with van der Waals surface area (Å²) in [5.41, 5.74) is 4.52. The molecule has 0 saturated heterocycles. The highest BCUT2D eigenvalue weighted by atomic mass is 35.5. The number of allylic oxidation sites excluding steroid dienone is 1. The van der Waals surface area contributed by atoms with Gasteiger partial charge in [0.2, 0.25) is 5.95 Å². The molecule has 1 aromatic carbocycles. The van der Waals surface area contributed by atoms with Crippen LogP contribution in [-0.2, 0) is 0 Å². The van der Waals surface area contributed by atoms with Crippen molar-refractivity contribution in [1.29, 1.82) is 0 Å². The second-order valence-electron chi connectivity index (χ2n) is 5.61. The van der Waals surface area contributed by atoms with E-state index >= 15 is 0 Å². The standard InChI is InChI=1S/C17H19ClN6O2/c1-12-10-23(7-8-24(12)26)22-17-19-9-14(18)16(21-17)20-15(11-25)13-5-3-2-4-6-13/h2-10,15,25-26H,11H2,1H3,(H2,19,20,21,22). The third-order valence-electron chi connectivity index (χ3n) is 3.72. The largest absolute Gasteiger partial charge is 0.394 e. The third-order valence-corrected chi connectivity index (χ3v) is 4.00. The van der Waals surface area contributed by atoms with Gasteiger partial charge in [0.25, 0.3) is 0 Å². The summed E-state index contributed by atoms with van der Waals surface area (Å²) >= 11 is 6.19. The van der Waals surface area contributed by atoms with E-state index in [1.54, 1.807) is 24.3 Å². The van der Waals surface area contributed by atoms with E-state index in [9.17, 15) is 10.3 Å². The lowest BCUT2D eigenvalue weighted by Gasteiger charge is -2.25. The van der Waals surface area contributed by atoms with Crippen LogP contribution < -0.4 is 10.7 Å². The van der Waals surface area contributed by atoms with Crippen molar-refractivity contribution in [3.63, 3.8) is 0 Å². The van der Waals surface area contributed by atoms with E-state index in [0.29, 0.717) is 22.5 Å². The molecule has 0 aliphatic carbocycles. The summed E-state index contributed by atoms with van der Waals surface area (Å²) in [5.74, 6) is 0.708. The van der Waals surface area contributed by atoms with E-state index in [-0.39, 0.29) is 12.6 Å². The third kappa shape index (κ3) is 4.23. The highest BCUT2D eigenvalue weighted by molar-refractivity contribution is 6.32. The van der Waals surface area contributed by atoms with E-state index in [2.05, 4.69) is 20.7 Å². The number of anilines is 2. The molecule has 2 heterocycles. The predicted molar refractivity (Wildman–Crippen MR) is 98.9 cm³/mol. The van der Waals surface area contributed by atoms with Gasteiger partial charge in [0.1, 0.15) is 5.02 Å². The highest BCUT2D eigenvalue weighted by Gasteiger charge is 2.15. The summed E-state index contributed by atoms with van der Waals surface area (Å²) in [7, 11) is 0. The SMILES string of the molecule is CC1=CN(Nc2ncc(Cl)c(NC(CO)c3ccccc3)n2)C=CN1O. The summed E-state index contributed by atoms with van der Waals surface area (Å²) in [6, 6.07) is 9.18. The number of aliphatic hydroxyl groups is 1. The molecule has 3 rings (SSSR count). The normalized spacial score (nSPS) is 14.8. The number of nitrogens with zero attached hydrogens (tertiary/aromatic N) is 4. The zero-order valence-corrected chi connectivity index (χ0v) is 14.8. The van der Waals surface area contributed by atoms with Gasteiger partial charge in [0, 0.05) is 12.4 Å². The Morgan fingerprint density at radius 1 is 1.23 bits per heavy atom. The highest BCUT2D eigenvalue weighted by Crippen LogP contribution is 2.25. The van der Waals surface area contributed by atoms with E-state index < -0.39 is 0 Å². The molecule has 136 valence electrons. The average Bonchev–Trinajstić information content (AvgIpc) is 2.66. The molecule has 9 heteroatoms. The van der Waals surface area contributed by atoms with Gasteiger partial charge >= 0.3 is 0 Å². The number of hydrazine groups is 1. The van der Waals surface area contributed by atoms with Gasteiger partial charge in [0.05, 0.1) is 30.7 Å². The fraction of sp³-hybridized carbons (Fsp3) is 0.176. The number of aliphatic hydroxyl groups excluding tert-OH is 1. The molecule has 8 nitrogen and oxygen atoms in total. The molecule has 0 fully saturated rings. The average molecular weight is 375 g/mol. The van der Waals surface area contributed by atoms with Crippen LogP contribution in [-0.4, -0.2) is 37.0 Å². The van der Waals surface area contributed by atoms with Crippen LogP contribution in [0.25, 0.3) is 0 Å². The lowest BCUT2D eigenvalue weighted by Crippen LogP contribution is -2.27. The van der Waals surface area contributed by atoms with Crippen molar-refractivity contribution >= 4 is 23.4 Å². The summed E-state index contributed by atoms with van der Waals surface area (Å²) in [4.78, 5) is 8.51. The van der Waals surface area contributed by atoms with Crippen LogP contribution in [0.4, 0.5) is 11.8 Å². The van der Waals surface area contributed by atoms with Gasteiger partial charge in [-0.25, -0.2) is 10.0 Å². The van der Waals surface area contributed by atoms with Gasteiger partial charge in [0.15, 0.2) is 5.82 Å². The van der Waals surface area contributed by atoms with Crippen LogP contribution >= 0.6 is 11.6 Å². The molecule has 0 radical (unpaired) electrons. The summed E-state index contributed by atoms with van der Waals surface area (Å²) < 4.78 is 0. The van der Waals surface area contributed by atoms with Crippen molar-refractivity contribution in [1.82, 2.24) is 20.0 Å². The fourth-order valence-electron chi connectivity index (χ4n) is 2.35. The number of halogens is 1. The van der Waals surface area contributed by atoms with Gasteiger partial charge < -0.3 is 10.4 Å². The minimum atomic E-state index is -0.351. The minimum absolute atomic E-state index is 0.115. The maximum Gasteiger partial charge on any atom is 0.244 e. The predicted octanol–water partition coefficient (Wildman–Crippen LogP) is 2.94. The quantitative estimate of drug-likeness (QED) is 0.613. The number of hydroxylamine groups is 2. The monoisotopic (exact) mass is 374 g/mol. The maximum atomic E-state index is 9.70. The van der Waals surface area contributed by atoms with Crippen molar-refractivity contribution in [2.45, 2.75) is 13.0 Å². The Labute approximate surface area is 156 Å². The topological polar surface area (TPSA) is 96.8 Å². The van der Waals surface area contributed by atoms with Gasteiger partial charge in [-0.05, 0) is 12.5 Å². The van der Waals surface area contributed by atoms with Crippen LogP contribution in [0, 0.1) is 0 Å². The number of benzene rings is 1. The molecule has 26 heavy (non-hydrogen) atoms. The van der Waals surface area contributed by atoms with Gasteiger partial charge in [-0.15, -0.1) is 0 Å². The lowest BCUT2D eigenvalue weighted by molar-refractivity contribution is -0.00916. The van der Waals surface area contributed by atoms with Crippen LogP contribution in [0.15, 0.2) is 60.8 Å². The van der Waals surface area contributed by atoms with Gasteiger partial charge in [-0.3, -0.25) is 15.6 Å². The van der Waals surface area contributed by atoms with Crippen LogP contribution in [0.5, 0.6) is 0 Å². The second kappa shape index (κ2) is 8.05. The molecule has 1 aromatic heterocycles. The van der Waals surface area contributed by atoms with Crippen LogP contribution in [0.3, 0.4) is 0 Å². The number of nitrogens with one attached hydrogen (secondary N) is 2. The van der Waals surface area contributed by atoms with Crippen LogP contribution in [0.2, 0.25) is 5.02 Å². The molecule has 0 amide bonds. The minimum Gasteiger partial charge on any atom is -0.394 e. The maximum absolute atomic E-state index is 9.70. The molecule has 1 aliphatic rings. The molecular formula is C17H19ClN6O2. The van der Waals surface area contributed by atoms with Crippen molar-refractivity contribution < 1.29 is 10.3 Å². The number of hydrogen-bond donors (Lipinski definition) is 4. The Hall–Kier alpha value is -2.81. The molecule has 4 N–H and O–H groups in total. The summed E-state index contributed by atoms with van der Waals surface area (Å²) in [5, 5.41) is 25.3. The van der Waals surface area contributed by atoms with E-state index in [4.69, 9.17) is 11.6 Å². The molecular weight excluding hydrogens is 356 g/mol. The number of aromatic nitrogens is 2. The molecule has 0 spiro atoms. The molecule has 1 aliphatic heterocycles. The summed E-state index contributed by atoms with van der Waals surface area (Å²) in [6.45, 7) is 1.63. The first kappa shape index (κ1) is 18.0. The Balaban J connectivity index is 1.76. The number of rotatable bonds is 6. The Kier molecular flexibility index (Phi) is 5.57. The van der Waals surface area contributed by atoms with Gasteiger partial charge in [-0.2, -0.15) is 4.98 Å². The Bertz CT molecular complexity index is 814. The van der Waals surface area contributed by atoms with Gasteiger partial charge in [-0.1, -0.05) is 41.9 Å². The van der Waals surface area contributed by atoms with Crippen molar-refractivity contribution in [3.8, 4) is 0 Å². The fourth-order valence-corrected chi connectivity index (χ4v) is 2.49. The molecule has 2 aromatic rings. The molecule has 1 atom stereocenters. The zero-order valence-electron chi connectivity index (χ0n) is 14.0. The van der Waals surface area contributed by atoms with E-state index in [1.165, 1.54) is 12.4 Å². The summed E-state index contributed by atoms with van der Waals surface area (Å²) in [6.07, 6.45) is 6.24. The molecule has 0 bridgehead atoms. The Morgan fingerprint density at radius 2 is 2.00 bits per heavy atom. The van der Waals surface area contributed by atoms with Crippen molar-refractivity contribution in [3.05, 3.63) is 71.4 Å². The molecule has 1 unspecified atom stereocenters. The van der Waals surface area contributed by atoms with Crippen molar-refractivity contribution in [2.75, 3.05) is 17.3 Å². The first-order chi connectivity index (χ1) is 12.6. The van der Waals surface area contributed by atoms with Crippen LogP contribution in [0.1, 0.15) is 18.5 Å². The lowest BCUT2D eigenvalue weighted by atomic mass is 10.1. The first-order valence-corrected chi connectivity index (χ1v) is 8.29.